The van der Waals surface area contributed by atoms with Crippen molar-refractivity contribution in [2.75, 3.05) is 6.61 Å². The van der Waals surface area contributed by atoms with Crippen molar-refractivity contribution in [3.63, 3.8) is 0 Å². The standard InChI is InChI=1S/C13H12FNO3/c1-2-18-13(17)11(8-15)12(16)7-9-3-5-10(14)6-4-9/h3-6,11H,2,7H2,1H3. The molecule has 1 aromatic carbocycles. The molecule has 0 saturated carbocycles. The van der Waals surface area contributed by atoms with Crippen molar-refractivity contribution in [3.8, 4) is 6.07 Å². The van der Waals surface area contributed by atoms with Crippen LogP contribution in [0.15, 0.2) is 24.3 Å². The Bertz CT molecular complexity index is 476. The molecule has 0 aromatic heterocycles. The van der Waals surface area contributed by atoms with Gasteiger partial charge >= 0.3 is 5.97 Å². The average molecular weight is 249 g/mol. The van der Waals surface area contributed by atoms with E-state index in [9.17, 15) is 14.0 Å². The first-order valence-electron chi connectivity index (χ1n) is 5.42. The van der Waals surface area contributed by atoms with Crippen LogP contribution in [0.2, 0.25) is 0 Å². The summed E-state index contributed by atoms with van der Waals surface area (Å²) >= 11 is 0. The summed E-state index contributed by atoms with van der Waals surface area (Å²) in [7, 11) is 0. The highest BCUT2D eigenvalue weighted by atomic mass is 19.1. The average Bonchev–Trinajstić information content (AvgIpc) is 2.33. The van der Waals surface area contributed by atoms with Gasteiger partial charge in [0.1, 0.15) is 5.82 Å². The summed E-state index contributed by atoms with van der Waals surface area (Å²) in [6.07, 6.45) is -0.0999. The number of nitrogens with zero attached hydrogens (tertiary/aromatic N) is 1. The van der Waals surface area contributed by atoms with Crippen LogP contribution in [0.25, 0.3) is 0 Å². The monoisotopic (exact) mass is 249 g/mol. The van der Waals surface area contributed by atoms with Crippen LogP contribution in [0.1, 0.15) is 12.5 Å². The van der Waals surface area contributed by atoms with Crippen LogP contribution in [-0.2, 0) is 20.7 Å². The SMILES string of the molecule is CCOC(=O)C(C#N)C(=O)Cc1ccc(F)cc1. The van der Waals surface area contributed by atoms with Gasteiger partial charge in [-0.3, -0.25) is 9.59 Å². The summed E-state index contributed by atoms with van der Waals surface area (Å²) in [6.45, 7) is 1.71. The lowest BCUT2D eigenvalue weighted by molar-refractivity contribution is -0.149. The first kappa shape index (κ1) is 13.8. The molecule has 4 nitrogen and oxygen atoms in total. The van der Waals surface area contributed by atoms with E-state index < -0.39 is 23.5 Å². The van der Waals surface area contributed by atoms with Crippen molar-refractivity contribution < 1.29 is 18.7 Å². The van der Waals surface area contributed by atoms with Crippen LogP contribution in [0, 0.1) is 23.1 Å². The topological polar surface area (TPSA) is 67.2 Å². The van der Waals surface area contributed by atoms with E-state index in [-0.39, 0.29) is 13.0 Å². The molecule has 0 N–H and O–H groups in total. The lowest BCUT2D eigenvalue weighted by atomic mass is 9.99. The normalized spacial score (nSPS) is 11.4. The second-order valence-corrected chi connectivity index (χ2v) is 3.58. The molecule has 0 aliphatic rings. The molecule has 0 aliphatic heterocycles. The molecule has 1 unspecified atom stereocenters. The summed E-state index contributed by atoms with van der Waals surface area (Å²) in [6, 6.07) is 6.93. The van der Waals surface area contributed by atoms with Gasteiger partial charge in [-0.05, 0) is 24.6 Å². The first-order valence-corrected chi connectivity index (χ1v) is 5.42. The number of hydrogen-bond acceptors (Lipinski definition) is 4. The van der Waals surface area contributed by atoms with Crippen LogP contribution in [-0.4, -0.2) is 18.4 Å². The van der Waals surface area contributed by atoms with Crippen molar-refractivity contribution in [2.24, 2.45) is 5.92 Å². The molecule has 0 spiro atoms. The van der Waals surface area contributed by atoms with Crippen LogP contribution in [0.4, 0.5) is 4.39 Å². The maximum Gasteiger partial charge on any atom is 0.331 e. The van der Waals surface area contributed by atoms with Gasteiger partial charge < -0.3 is 4.74 Å². The molecule has 0 amide bonds. The smallest absolute Gasteiger partial charge is 0.331 e. The molecular weight excluding hydrogens is 237 g/mol. The lowest BCUT2D eigenvalue weighted by Crippen LogP contribution is -2.26. The van der Waals surface area contributed by atoms with E-state index in [0.29, 0.717) is 5.56 Å². The molecule has 18 heavy (non-hydrogen) atoms. The van der Waals surface area contributed by atoms with Gasteiger partial charge in [-0.25, -0.2) is 4.39 Å². The van der Waals surface area contributed by atoms with Crippen molar-refractivity contribution in [1.29, 1.82) is 5.26 Å². The minimum absolute atomic E-state index is 0.0999. The molecule has 1 aromatic rings. The molecule has 94 valence electrons. The molecule has 0 heterocycles. The third-order valence-corrected chi connectivity index (χ3v) is 2.26. The van der Waals surface area contributed by atoms with Crippen LogP contribution in [0.3, 0.4) is 0 Å². The van der Waals surface area contributed by atoms with E-state index in [1.165, 1.54) is 24.3 Å². The fourth-order valence-electron chi connectivity index (χ4n) is 1.39. The Labute approximate surface area is 104 Å². The highest BCUT2D eigenvalue weighted by Gasteiger charge is 2.27. The number of ether oxygens (including phenoxy) is 1. The Hall–Kier alpha value is -2.22. The van der Waals surface area contributed by atoms with Crippen LogP contribution >= 0.6 is 0 Å². The van der Waals surface area contributed by atoms with Crippen molar-refractivity contribution in [1.82, 2.24) is 0 Å². The minimum atomic E-state index is -1.42. The predicted octanol–water partition coefficient (Wildman–Crippen LogP) is 1.64. The third kappa shape index (κ3) is 3.67. The van der Waals surface area contributed by atoms with E-state index in [0.717, 1.165) is 0 Å². The largest absolute Gasteiger partial charge is 0.465 e. The number of benzene rings is 1. The fraction of sp³-hybridized carbons (Fsp3) is 0.308. The molecule has 0 aliphatic carbocycles. The van der Waals surface area contributed by atoms with Crippen molar-refractivity contribution in [3.05, 3.63) is 35.6 Å². The number of carbonyl (C=O) groups is 2. The second-order valence-electron chi connectivity index (χ2n) is 3.58. The Balaban J connectivity index is 2.72. The number of nitriles is 1. The zero-order valence-corrected chi connectivity index (χ0v) is 9.85. The quantitative estimate of drug-likeness (QED) is 0.587. The van der Waals surface area contributed by atoms with Gasteiger partial charge in [0.05, 0.1) is 12.7 Å². The molecule has 1 rings (SSSR count). The molecular formula is C13H12FNO3. The number of ketones is 1. The van der Waals surface area contributed by atoms with Crippen LogP contribution < -0.4 is 0 Å². The third-order valence-electron chi connectivity index (χ3n) is 2.26. The number of hydrogen-bond donors (Lipinski definition) is 0. The zero-order chi connectivity index (χ0) is 13.5. The first-order chi connectivity index (χ1) is 8.58. The van der Waals surface area contributed by atoms with Crippen molar-refractivity contribution in [2.45, 2.75) is 13.3 Å². The maximum absolute atomic E-state index is 12.7. The highest BCUT2D eigenvalue weighted by molar-refractivity contribution is 6.02. The van der Waals surface area contributed by atoms with Gasteiger partial charge in [-0.1, -0.05) is 12.1 Å². The molecule has 5 heteroatoms. The van der Waals surface area contributed by atoms with E-state index in [4.69, 9.17) is 5.26 Å². The number of rotatable bonds is 5. The van der Waals surface area contributed by atoms with Gasteiger partial charge in [0, 0.05) is 6.42 Å². The summed E-state index contributed by atoms with van der Waals surface area (Å²) in [5.74, 6) is -3.22. The van der Waals surface area contributed by atoms with E-state index >= 15 is 0 Å². The highest BCUT2D eigenvalue weighted by Crippen LogP contribution is 2.09. The molecule has 0 saturated heterocycles. The summed E-state index contributed by atoms with van der Waals surface area (Å²) in [4.78, 5) is 23.1. The fourth-order valence-corrected chi connectivity index (χ4v) is 1.39. The lowest BCUT2D eigenvalue weighted by Gasteiger charge is -2.07. The molecule has 0 fully saturated rings. The molecule has 1 atom stereocenters. The van der Waals surface area contributed by atoms with Gasteiger partial charge in [0.25, 0.3) is 0 Å². The number of carbonyl (C=O) groups excluding carboxylic acids is 2. The van der Waals surface area contributed by atoms with Gasteiger partial charge in [0.15, 0.2) is 5.78 Å². The van der Waals surface area contributed by atoms with E-state index in [1.807, 2.05) is 0 Å². The second kappa shape index (κ2) is 6.50. The Morgan fingerprint density at radius 3 is 2.50 bits per heavy atom. The molecule has 0 radical (unpaired) electrons. The number of halogens is 1. The predicted molar refractivity (Wildman–Crippen MR) is 60.8 cm³/mol. The Kier molecular flexibility index (Phi) is 5.00. The van der Waals surface area contributed by atoms with E-state index in [2.05, 4.69) is 4.74 Å². The van der Waals surface area contributed by atoms with Crippen molar-refractivity contribution >= 4 is 11.8 Å². The van der Waals surface area contributed by atoms with Gasteiger partial charge in [-0.2, -0.15) is 5.26 Å². The molecule has 0 bridgehead atoms. The summed E-state index contributed by atoms with van der Waals surface area (Å²) in [5, 5.41) is 8.78. The number of Topliss-reactive ketones (excluding diaryl/α,β-unsaturated/α-hetero) is 1. The minimum Gasteiger partial charge on any atom is -0.465 e. The Morgan fingerprint density at radius 1 is 1.39 bits per heavy atom. The zero-order valence-electron chi connectivity index (χ0n) is 9.85. The number of esters is 1. The van der Waals surface area contributed by atoms with Gasteiger partial charge in [0.2, 0.25) is 5.92 Å². The maximum atomic E-state index is 12.7. The Morgan fingerprint density at radius 2 is 2.00 bits per heavy atom. The summed E-state index contributed by atoms with van der Waals surface area (Å²) < 4.78 is 17.3. The summed E-state index contributed by atoms with van der Waals surface area (Å²) in [5.41, 5.74) is 0.547. The van der Waals surface area contributed by atoms with Gasteiger partial charge in [-0.15, -0.1) is 0 Å². The van der Waals surface area contributed by atoms with Crippen LogP contribution in [0.5, 0.6) is 0 Å². The van der Waals surface area contributed by atoms with E-state index in [1.54, 1.807) is 13.0 Å².